The van der Waals surface area contributed by atoms with Gasteiger partial charge in [0.05, 0.1) is 24.4 Å². The van der Waals surface area contributed by atoms with Gasteiger partial charge in [-0.3, -0.25) is 0 Å². The minimum Gasteiger partial charge on any atom is -0.466 e. The zero-order valence-corrected chi connectivity index (χ0v) is 13.2. The SMILES string of the molecule is COC(=O)C1=C(N)c2cc(Cl)ccc2C1(C#N)c1ccsc1. The summed E-state index contributed by atoms with van der Waals surface area (Å²) in [4.78, 5) is 12.3. The maximum atomic E-state index is 12.3. The molecule has 1 aromatic carbocycles. The summed E-state index contributed by atoms with van der Waals surface area (Å²) < 4.78 is 4.86. The molecule has 0 saturated carbocycles. The van der Waals surface area contributed by atoms with Crippen molar-refractivity contribution in [3.63, 3.8) is 0 Å². The first-order valence-electron chi connectivity index (χ1n) is 6.39. The Labute approximate surface area is 136 Å². The summed E-state index contributed by atoms with van der Waals surface area (Å²) in [6, 6.07) is 9.18. The lowest BCUT2D eigenvalue weighted by atomic mass is 9.74. The second-order valence-electron chi connectivity index (χ2n) is 4.84. The summed E-state index contributed by atoms with van der Waals surface area (Å²) in [6.45, 7) is 0. The molecule has 0 radical (unpaired) electrons. The molecule has 6 heteroatoms. The van der Waals surface area contributed by atoms with E-state index in [0.717, 1.165) is 0 Å². The molecule has 1 aliphatic carbocycles. The van der Waals surface area contributed by atoms with E-state index < -0.39 is 11.4 Å². The Morgan fingerprint density at radius 2 is 2.23 bits per heavy atom. The molecule has 2 aromatic rings. The normalized spacial score (nSPS) is 19.7. The molecule has 1 atom stereocenters. The smallest absolute Gasteiger partial charge is 0.338 e. The molecule has 0 amide bonds. The highest BCUT2D eigenvalue weighted by Gasteiger charge is 2.50. The molecule has 0 aliphatic heterocycles. The quantitative estimate of drug-likeness (QED) is 0.858. The van der Waals surface area contributed by atoms with E-state index in [4.69, 9.17) is 22.1 Å². The van der Waals surface area contributed by atoms with Gasteiger partial charge >= 0.3 is 5.97 Å². The zero-order valence-electron chi connectivity index (χ0n) is 11.6. The van der Waals surface area contributed by atoms with E-state index in [9.17, 15) is 10.1 Å². The number of rotatable bonds is 2. The van der Waals surface area contributed by atoms with Gasteiger partial charge in [0.15, 0.2) is 0 Å². The lowest BCUT2D eigenvalue weighted by molar-refractivity contribution is -0.136. The van der Waals surface area contributed by atoms with Crippen LogP contribution in [-0.4, -0.2) is 13.1 Å². The molecule has 0 bridgehead atoms. The van der Waals surface area contributed by atoms with Gasteiger partial charge in [-0.15, -0.1) is 0 Å². The Bertz CT molecular complexity index is 836. The van der Waals surface area contributed by atoms with Crippen molar-refractivity contribution >= 4 is 34.6 Å². The van der Waals surface area contributed by atoms with Crippen molar-refractivity contribution in [2.45, 2.75) is 5.41 Å². The molecule has 22 heavy (non-hydrogen) atoms. The second kappa shape index (κ2) is 5.16. The van der Waals surface area contributed by atoms with Crippen molar-refractivity contribution < 1.29 is 9.53 Å². The number of benzene rings is 1. The third-order valence-electron chi connectivity index (χ3n) is 3.83. The highest BCUT2D eigenvalue weighted by Crippen LogP contribution is 2.50. The third kappa shape index (κ3) is 1.78. The Morgan fingerprint density at radius 3 is 2.82 bits per heavy atom. The summed E-state index contributed by atoms with van der Waals surface area (Å²) in [5.41, 5.74) is 7.22. The minimum atomic E-state index is -1.27. The number of nitrogens with two attached hydrogens (primary N) is 1. The van der Waals surface area contributed by atoms with E-state index in [1.165, 1.54) is 18.4 Å². The van der Waals surface area contributed by atoms with Crippen LogP contribution >= 0.6 is 22.9 Å². The van der Waals surface area contributed by atoms with Crippen LogP contribution < -0.4 is 5.73 Å². The van der Waals surface area contributed by atoms with E-state index in [0.29, 0.717) is 21.7 Å². The van der Waals surface area contributed by atoms with E-state index in [1.54, 1.807) is 18.2 Å². The largest absolute Gasteiger partial charge is 0.466 e. The molecule has 1 unspecified atom stereocenters. The van der Waals surface area contributed by atoms with Crippen molar-refractivity contribution in [1.82, 2.24) is 0 Å². The van der Waals surface area contributed by atoms with Crippen molar-refractivity contribution in [3.05, 3.63) is 62.3 Å². The highest BCUT2D eigenvalue weighted by atomic mass is 35.5. The van der Waals surface area contributed by atoms with Crippen LogP contribution in [0.4, 0.5) is 0 Å². The molecular weight excluding hydrogens is 320 g/mol. The fourth-order valence-corrected chi connectivity index (χ4v) is 3.74. The molecule has 1 heterocycles. The lowest BCUT2D eigenvalue weighted by Crippen LogP contribution is -2.30. The maximum Gasteiger partial charge on any atom is 0.338 e. The second-order valence-corrected chi connectivity index (χ2v) is 6.06. The molecule has 1 aromatic heterocycles. The Morgan fingerprint density at radius 1 is 1.45 bits per heavy atom. The number of nitriles is 1. The molecule has 110 valence electrons. The molecular formula is C16H11ClN2O2S. The number of nitrogens with zero attached hydrogens (tertiary/aromatic N) is 1. The number of halogens is 1. The van der Waals surface area contributed by atoms with E-state index in [1.807, 2.05) is 16.8 Å². The van der Waals surface area contributed by atoms with Gasteiger partial charge in [0.1, 0.15) is 5.41 Å². The van der Waals surface area contributed by atoms with Crippen LogP contribution in [0.3, 0.4) is 0 Å². The summed E-state index contributed by atoms with van der Waals surface area (Å²) in [7, 11) is 1.27. The number of carbonyl (C=O) groups is 1. The number of thiophene rings is 1. The van der Waals surface area contributed by atoms with Crippen LogP contribution in [0.15, 0.2) is 40.6 Å². The first kappa shape index (κ1) is 14.6. The van der Waals surface area contributed by atoms with Gasteiger partial charge in [-0.25, -0.2) is 4.79 Å². The average molecular weight is 331 g/mol. The Hall–Kier alpha value is -2.29. The van der Waals surface area contributed by atoms with Crippen LogP contribution in [-0.2, 0) is 14.9 Å². The summed E-state index contributed by atoms with van der Waals surface area (Å²) in [6.07, 6.45) is 0. The molecule has 0 fully saturated rings. The van der Waals surface area contributed by atoms with Crippen LogP contribution in [0.5, 0.6) is 0 Å². The van der Waals surface area contributed by atoms with Crippen molar-refractivity contribution in [2.75, 3.05) is 7.11 Å². The van der Waals surface area contributed by atoms with Gasteiger partial charge < -0.3 is 10.5 Å². The molecule has 0 saturated heterocycles. The highest BCUT2D eigenvalue weighted by molar-refractivity contribution is 7.08. The fraction of sp³-hybridized carbons (Fsp3) is 0.125. The average Bonchev–Trinajstić information content (AvgIpc) is 3.13. The molecule has 1 aliphatic rings. The first-order chi connectivity index (χ1) is 10.6. The number of methoxy groups -OCH3 is 1. The standard InChI is InChI=1S/C16H11ClN2O2S/c1-21-15(20)13-14(19)11-6-10(17)2-3-12(11)16(13,8-18)9-4-5-22-7-9/h2-7H,19H2,1H3. The third-order valence-corrected chi connectivity index (χ3v) is 4.75. The van der Waals surface area contributed by atoms with Crippen LogP contribution in [0, 0.1) is 11.3 Å². The van der Waals surface area contributed by atoms with Gasteiger partial charge in [-0.2, -0.15) is 16.6 Å². The number of carbonyl (C=O) groups excluding carboxylic acids is 1. The first-order valence-corrected chi connectivity index (χ1v) is 7.71. The van der Waals surface area contributed by atoms with Gasteiger partial charge in [0.25, 0.3) is 0 Å². The fourth-order valence-electron chi connectivity index (χ4n) is 2.86. The predicted octanol–water partition coefficient (Wildman–Crippen LogP) is 3.07. The molecule has 3 rings (SSSR count). The Balaban J connectivity index is 2.41. The van der Waals surface area contributed by atoms with Crippen molar-refractivity contribution in [1.29, 1.82) is 5.26 Å². The number of hydrogen-bond acceptors (Lipinski definition) is 5. The number of fused-ring (bicyclic) bond motifs is 1. The molecule has 2 N–H and O–H groups in total. The lowest BCUT2D eigenvalue weighted by Gasteiger charge is -2.24. The predicted molar refractivity (Wildman–Crippen MR) is 85.3 cm³/mol. The number of ether oxygens (including phenoxy) is 1. The maximum absolute atomic E-state index is 12.3. The number of esters is 1. The van der Waals surface area contributed by atoms with Gasteiger partial charge in [0, 0.05) is 10.6 Å². The van der Waals surface area contributed by atoms with Crippen molar-refractivity contribution in [3.8, 4) is 6.07 Å². The van der Waals surface area contributed by atoms with Crippen molar-refractivity contribution in [2.24, 2.45) is 5.73 Å². The zero-order chi connectivity index (χ0) is 15.9. The summed E-state index contributed by atoms with van der Waals surface area (Å²) >= 11 is 7.48. The number of hydrogen-bond donors (Lipinski definition) is 1. The summed E-state index contributed by atoms with van der Waals surface area (Å²) in [5, 5.41) is 14.1. The van der Waals surface area contributed by atoms with Crippen LogP contribution in [0.1, 0.15) is 16.7 Å². The van der Waals surface area contributed by atoms with Gasteiger partial charge in [0.2, 0.25) is 0 Å². The molecule has 4 nitrogen and oxygen atoms in total. The van der Waals surface area contributed by atoms with E-state index in [-0.39, 0.29) is 11.3 Å². The summed E-state index contributed by atoms with van der Waals surface area (Å²) in [5.74, 6) is -0.613. The van der Waals surface area contributed by atoms with Crippen LogP contribution in [0.2, 0.25) is 5.02 Å². The topological polar surface area (TPSA) is 76.1 Å². The van der Waals surface area contributed by atoms with Gasteiger partial charge in [-0.05, 0) is 40.1 Å². The van der Waals surface area contributed by atoms with E-state index in [2.05, 4.69) is 6.07 Å². The van der Waals surface area contributed by atoms with E-state index >= 15 is 0 Å². The van der Waals surface area contributed by atoms with Gasteiger partial charge in [-0.1, -0.05) is 17.7 Å². The minimum absolute atomic E-state index is 0.146. The van der Waals surface area contributed by atoms with Crippen LogP contribution in [0.25, 0.3) is 5.70 Å². The Kier molecular flexibility index (Phi) is 3.44. The molecule has 0 spiro atoms. The monoisotopic (exact) mass is 330 g/mol.